The molecule has 5 heteroatoms. The standard InChI is InChI=1S/C28H45NO.C27H43NO2/c1-16-6-9-24-18(3)26-25(29(24)15-16)14-23-21-8-7-19-13-20(30)10-11-27(19,4)22(21)12-17(2)28(23,26)5;1-15-5-8-22-16(2)25-23(28(22)14-15)12-21-19-7-6-17-11-18(29)9-10-26(17,3)20(19)13-24(30)27(21,25)4/h7,16-18,20-26,30H,6,8-15H2,1-5H3;6,15-16,18-25,29-30H,5,7-14H2,1-4H3. The highest BCUT2D eigenvalue weighted by atomic mass is 16.3. The Bertz CT molecular complexity index is 1620. The van der Waals surface area contributed by atoms with Crippen LogP contribution in [0.15, 0.2) is 23.3 Å². The second kappa shape index (κ2) is 14.4. The van der Waals surface area contributed by atoms with Gasteiger partial charge in [0.15, 0.2) is 0 Å². The average Bonchev–Trinajstić information content (AvgIpc) is 3.89. The Morgan fingerprint density at radius 3 is 1.47 bits per heavy atom. The predicted octanol–water partition coefficient (Wildman–Crippen LogP) is 10.5. The molecule has 0 bridgehead atoms. The molecule has 4 aliphatic heterocycles. The molecule has 4 heterocycles. The van der Waals surface area contributed by atoms with Gasteiger partial charge in [0.1, 0.15) is 0 Å². The summed E-state index contributed by atoms with van der Waals surface area (Å²) in [6.45, 7) is 25.6. The van der Waals surface area contributed by atoms with Crippen molar-refractivity contribution in [3.63, 3.8) is 0 Å². The highest BCUT2D eigenvalue weighted by molar-refractivity contribution is 5.29. The summed E-state index contributed by atoms with van der Waals surface area (Å²) in [5, 5.41) is 32.4. The lowest BCUT2D eigenvalue weighted by atomic mass is 9.44. The molecule has 0 radical (unpaired) electrons. The first-order valence-electron chi connectivity index (χ1n) is 26.4. The molecular formula is C55H88N2O3. The van der Waals surface area contributed by atoms with Crippen LogP contribution in [0, 0.1) is 98.6 Å². The van der Waals surface area contributed by atoms with Crippen LogP contribution in [0.5, 0.6) is 0 Å². The van der Waals surface area contributed by atoms with E-state index >= 15 is 0 Å². The van der Waals surface area contributed by atoms with Crippen LogP contribution < -0.4 is 0 Å². The van der Waals surface area contributed by atoms with Gasteiger partial charge in [-0.05, 0) is 196 Å². The molecule has 24 unspecified atom stereocenters. The summed E-state index contributed by atoms with van der Waals surface area (Å²) in [5.74, 6) is 10.4. The summed E-state index contributed by atoms with van der Waals surface area (Å²) in [7, 11) is 0. The second-order valence-electron chi connectivity index (χ2n) is 26.2. The molecule has 336 valence electrons. The van der Waals surface area contributed by atoms with Crippen molar-refractivity contribution in [2.75, 3.05) is 13.1 Å². The molecule has 0 aromatic carbocycles. The highest BCUT2D eigenvalue weighted by Crippen LogP contribution is 2.73. The minimum absolute atomic E-state index is 0.0850. The molecule has 0 aromatic rings. The van der Waals surface area contributed by atoms with Crippen LogP contribution in [0.3, 0.4) is 0 Å². The first-order chi connectivity index (χ1) is 28.5. The molecule has 6 saturated carbocycles. The summed E-state index contributed by atoms with van der Waals surface area (Å²) in [5.41, 5.74) is 4.31. The first-order valence-corrected chi connectivity index (χ1v) is 26.4. The first kappa shape index (κ1) is 41.9. The molecule has 12 rings (SSSR count). The zero-order valence-corrected chi connectivity index (χ0v) is 39.7. The van der Waals surface area contributed by atoms with E-state index in [0.717, 1.165) is 116 Å². The lowest BCUT2D eigenvalue weighted by molar-refractivity contribution is -0.135. The molecule has 24 atom stereocenters. The Morgan fingerprint density at radius 1 is 0.517 bits per heavy atom. The number of rotatable bonds is 0. The molecule has 0 amide bonds. The minimum atomic E-state index is -0.164. The van der Waals surface area contributed by atoms with E-state index < -0.39 is 0 Å². The fourth-order valence-electron chi connectivity index (χ4n) is 21.0. The maximum absolute atomic E-state index is 11.8. The van der Waals surface area contributed by atoms with Gasteiger partial charge in [0.05, 0.1) is 18.3 Å². The zero-order valence-electron chi connectivity index (χ0n) is 39.7. The van der Waals surface area contributed by atoms with Gasteiger partial charge in [-0.2, -0.15) is 0 Å². The maximum Gasteiger partial charge on any atom is 0.0603 e. The van der Waals surface area contributed by atoms with Crippen molar-refractivity contribution in [1.82, 2.24) is 9.80 Å². The van der Waals surface area contributed by atoms with E-state index in [0.29, 0.717) is 34.6 Å². The van der Waals surface area contributed by atoms with E-state index in [1.165, 1.54) is 82.9 Å². The van der Waals surface area contributed by atoms with E-state index in [1.807, 2.05) is 0 Å². The molecule has 3 N–H and O–H groups in total. The van der Waals surface area contributed by atoms with Crippen molar-refractivity contribution in [2.45, 2.75) is 208 Å². The van der Waals surface area contributed by atoms with Crippen LogP contribution in [0.4, 0.5) is 0 Å². The third-order valence-electron chi connectivity index (χ3n) is 24.1. The third kappa shape index (κ3) is 5.64. The summed E-state index contributed by atoms with van der Waals surface area (Å²) < 4.78 is 0. The molecule has 5 nitrogen and oxygen atoms in total. The Hall–Kier alpha value is -0.720. The van der Waals surface area contributed by atoms with Crippen molar-refractivity contribution in [2.24, 2.45) is 98.6 Å². The molecule has 0 spiro atoms. The van der Waals surface area contributed by atoms with Crippen LogP contribution in [-0.4, -0.2) is 80.7 Å². The number of aliphatic hydroxyl groups excluding tert-OH is 3. The van der Waals surface area contributed by atoms with E-state index in [9.17, 15) is 15.3 Å². The largest absolute Gasteiger partial charge is 0.393 e. The van der Waals surface area contributed by atoms with Crippen LogP contribution in [0.25, 0.3) is 0 Å². The number of piperidine rings is 2. The van der Waals surface area contributed by atoms with Crippen molar-refractivity contribution in [3.05, 3.63) is 23.3 Å². The van der Waals surface area contributed by atoms with Gasteiger partial charge in [-0.3, -0.25) is 9.80 Å². The Balaban J connectivity index is 0.000000136. The summed E-state index contributed by atoms with van der Waals surface area (Å²) >= 11 is 0. The average molecular weight is 825 g/mol. The summed E-state index contributed by atoms with van der Waals surface area (Å²) in [6.07, 6.45) is 24.2. The van der Waals surface area contributed by atoms with Crippen LogP contribution >= 0.6 is 0 Å². The molecular weight excluding hydrogens is 737 g/mol. The van der Waals surface area contributed by atoms with Crippen molar-refractivity contribution in [3.8, 4) is 0 Å². The minimum Gasteiger partial charge on any atom is -0.393 e. The number of nitrogens with zero attached hydrogens (tertiary/aromatic N) is 2. The Labute approximate surface area is 366 Å². The van der Waals surface area contributed by atoms with Gasteiger partial charge in [-0.15, -0.1) is 0 Å². The zero-order chi connectivity index (χ0) is 42.0. The Morgan fingerprint density at radius 2 is 0.967 bits per heavy atom. The molecule has 10 fully saturated rings. The normalized spacial score (nSPS) is 60.1. The monoisotopic (exact) mass is 825 g/mol. The topological polar surface area (TPSA) is 67.2 Å². The lowest BCUT2D eigenvalue weighted by Gasteiger charge is -2.60. The molecule has 8 aliphatic carbocycles. The molecule has 60 heavy (non-hydrogen) atoms. The number of fused-ring (bicyclic) bond motifs is 18. The third-order valence-corrected chi connectivity index (χ3v) is 24.1. The fourth-order valence-corrected chi connectivity index (χ4v) is 21.0. The number of aliphatic hydroxyl groups is 3. The van der Waals surface area contributed by atoms with Gasteiger partial charge in [0, 0.05) is 42.7 Å². The predicted molar refractivity (Wildman–Crippen MR) is 243 cm³/mol. The van der Waals surface area contributed by atoms with Gasteiger partial charge in [0.2, 0.25) is 0 Å². The lowest BCUT2D eigenvalue weighted by Crippen LogP contribution is -2.57. The van der Waals surface area contributed by atoms with Crippen molar-refractivity contribution >= 4 is 0 Å². The summed E-state index contributed by atoms with van der Waals surface area (Å²) in [4.78, 5) is 5.94. The van der Waals surface area contributed by atoms with Gasteiger partial charge < -0.3 is 15.3 Å². The van der Waals surface area contributed by atoms with Crippen LogP contribution in [0.1, 0.15) is 165 Å². The smallest absolute Gasteiger partial charge is 0.0603 e. The quantitative estimate of drug-likeness (QED) is 0.212. The molecule has 12 aliphatic rings. The number of allylic oxidation sites excluding steroid dienone is 2. The van der Waals surface area contributed by atoms with Crippen molar-refractivity contribution in [1.29, 1.82) is 0 Å². The second-order valence-corrected chi connectivity index (χ2v) is 26.2. The number of hydrogen-bond acceptors (Lipinski definition) is 5. The van der Waals surface area contributed by atoms with E-state index in [4.69, 9.17) is 0 Å². The maximum atomic E-state index is 11.8. The summed E-state index contributed by atoms with van der Waals surface area (Å²) in [6, 6.07) is 3.18. The Kier molecular flexibility index (Phi) is 10.1. The number of hydrogen-bond donors (Lipinski definition) is 3. The van der Waals surface area contributed by atoms with E-state index in [-0.39, 0.29) is 29.1 Å². The van der Waals surface area contributed by atoms with E-state index in [2.05, 4.69) is 84.3 Å². The van der Waals surface area contributed by atoms with E-state index in [1.54, 1.807) is 5.57 Å². The van der Waals surface area contributed by atoms with Gasteiger partial charge in [-0.25, -0.2) is 0 Å². The van der Waals surface area contributed by atoms with Crippen LogP contribution in [-0.2, 0) is 0 Å². The van der Waals surface area contributed by atoms with Gasteiger partial charge in [-0.1, -0.05) is 85.6 Å². The molecule has 0 aromatic heterocycles. The highest BCUT2D eigenvalue weighted by Gasteiger charge is 2.70. The SMILES string of the molecule is CC1CCC2C(C)C3C(CC4C5CC=C6CC(O)CCC6(C)C5CC(C)C43C)N2C1.CC1CCC2C(C)C3C(CC4C5CC=C6CC(O)CCC6(C)C5CC(O)C43C)N2C1. The van der Waals surface area contributed by atoms with Gasteiger partial charge in [0.25, 0.3) is 0 Å². The fraction of sp³-hybridized carbons (Fsp3) is 0.927. The van der Waals surface area contributed by atoms with Crippen molar-refractivity contribution < 1.29 is 15.3 Å². The molecule has 4 saturated heterocycles. The van der Waals surface area contributed by atoms with Gasteiger partial charge >= 0.3 is 0 Å². The van der Waals surface area contributed by atoms with Crippen LogP contribution in [0.2, 0.25) is 0 Å².